The Kier molecular flexibility index (Phi) is 3.05. The van der Waals surface area contributed by atoms with Crippen molar-refractivity contribution in [2.75, 3.05) is 7.11 Å². The molecule has 52 valence electrons. The van der Waals surface area contributed by atoms with E-state index in [1.807, 2.05) is 0 Å². The minimum atomic E-state index is 0.628. The van der Waals surface area contributed by atoms with Gasteiger partial charge in [-0.05, 0) is 18.8 Å². The summed E-state index contributed by atoms with van der Waals surface area (Å²) in [6.07, 6.45) is 6.70. The highest BCUT2D eigenvalue weighted by Crippen LogP contribution is 2.25. The van der Waals surface area contributed by atoms with Gasteiger partial charge < -0.3 is 4.74 Å². The standard InChI is InChI=1S/C8H14O/c1-9-7-8-5-3-2-4-6-8/h8H,2-6H2,1H3. The molecule has 0 unspecified atom stereocenters. The molecule has 1 fully saturated rings. The molecule has 1 rings (SSSR count). The summed E-state index contributed by atoms with van der Waals surface area (Å²) < 4.78 is 4.83. The molecule has 1 nitrogen and oxygen atoms in total. The lowest BCUT2D eigenvalue weighted by Crippen LogP contribution is -2.07. The highest BCUT2D eigenvalue weighted by Gasteiger charge is 2.13. The van der Waals surface area contributed by atoms with Gasteiger partial charge >= 0.3 is 0 Å². The molecule has 0 bridgehead atoms. The average Bonchev–Trinajstić information content (AvgIpc) is 1.91. The fourth-order valence-corrected chi connectivity index (χ4v) is 1.39. The van der Waals surface area contributed by atoms with Gasteiger partial charge in [0.05, 0.1) is 0 Å². The van der Waals surface area contributed by atoms with E-state index in [1.165, 1.54) is 32.1 Å². The van der Waals surface area contributed by atoms with Gasteiger partial charge in [-0.1, -0.05) is 19.3 Å². The van der Waals surface area contributed by atoms with Crippen molar-refractivity contribution in [3.8, 4) is 0 Å². The van der Waals surface area contributed by atoms with E-state index in [1.54, 1.807) is 7.11 Å². The molecule has 2 radical (unpaired) electrons. The van der Waals surface area contributed by atoms with Crippen molar-refractivity contribution in [2.45, 2.75) is 32.1 Å². The lowest BCUT2D eigenvalue weighted by molar-refractivity contribution is 0.201. The van der Waals surface area contributed by atoms with Gasteiger partial charge in [-0.3, -0.25) is 0 Å². The molecule has 0 aromatic carbocycles. The van der Waals surface area contributed by atoms with Gasteiger partial charge in [-0.2, -0.15) is 0 Å². The molecule has 0 spiro atoms. The van der Waals surface area contributed by atoms with E-state index in [0.717, 1.165) is 0 Å². The maximum Gasteiger partial charge on any atom is 0.135 e. The summed E-state index contributed by atoms with van der Waals surface area (Å²) in [5.74, 6) is 0.628. The van der Waals surface area contributed by atoms with Gasteiger partial charge in [-0.15, -0.1) is 0 Å². The lowest BCUT2D eigenvalue weighted by atomic mass is 9.90. The highest BCUT2D eigenvalue weighted by molar-refractivity contribution is 4.71. The summed E-state index contributed by atoms with van der Waals surface area (Å²) in [7, 11) is 1.69. The first-order valence-electron chi connectivity index (χ1n) is 3.72. The van der Waals surface area contributed by atoms with Crippen LogP contribution in [0.5, 0.6) is 0 Å². The summed E-state index contributed by atoms with van der Waals surface area (Å²) in [6, 6.07) is 0. The van der Waals surface area contributed by atoms with Crippen LogP contribution >= 0.6 is 0 Å². The summed E-state index contributed by atoms with van der Waals surface area (Å²) in [5, 5.41) is 0. The van der Waals surface area contributed by atoms with Crippen LogP contribution in [0, 0.1) is 12.5 Å². The van der Waals surface area contributed by atoms with E-state index in [-0.39, 0.29) is 0 Å². The third-order valence-corrected chi connectivity index (χ3v) is 1.89. The number of hydrogen-bond acceptors (Lipinski definition) is 1. The third kappa shape index (κ3) is 2.35. The number of hydrogen-bond donors (Lipinski definition) is 0. The van der Waals surface area contributed by atoms with E-state index in [2.05, 4.69) is 6.61 Å². The van der Waals surface area contributed by atoms with E-state index in [4.69, 9.17) is 4.74 Å². The van der Waals surface area contributed by atoms with Gasteiger partial charge in [0.25, 0.3) is 0 Å². The number of rotatable bonds is 2. The van der Waals surface area contributed by atoms with Crippen molar-refractivity contribution < 1.29 is 4.74 Å². The minimum absolute atomic E-state index is 0.628. The Balaban J connectivity index is 2.08. The SMILES string of the molecule is CO[C]C1CCCCC1. The van der Waals surface area contributed by atoms with Crippen LogP contribution in [-0.4, -0.2) is 7.11 Å². The van der Waals surface area contributed by atoms with Crippen LogP contribution in [0.4, 0.5) is 0 Å². The normalized spacial score (nSPS) is 22.3. The zero-order valence-electron chi connectivity index (χ0n) is 6.02. The quantitative estimate of drug-likeness (QED) is 0.551. The fourth-order valence-electron chi connectivity index (χ4n) is 1.39. The van der Waals surface area contributed by atoms with Crippen molar-refractivity contribution >= 4 is 0 Å². The smallest absolute Gasteiger partial charge is 0.135 e. The van der Waals surface area contributed by atoms with Gasteiger partial charge in [0.15, 0.2) is 0 Å². The second-order valence-electron chi connectivity index (χ2n) is 2.66. The topological polar surface area (TPSA) is 9.23 Å². The van der Waals surface area contributed by atoms with Crippen LogP contribution in [0.2, 0.25) is 0 Å². The van der Waals surface area contributed by atoms with Crippen molar-refractivity contribution in [3.05, 3.63) is 6.61 Å². The van der Waals surface area contributed by atoms with Gasteiger partial charge in [0.2, 0.25) is 0 Å². The molecule has 0 amide bonds. The minimum Gasteiger partial charge on any atom is -0.372 e. The Bertz CT molecular complexity index is 62.2. The van der Waals surface area contributed by atoms with Crippen LogP contribution in [0.3, 0.4) is 0 Å². The first-order chi connectivity index (χ1) is 4.43. The first-order valence-corrected chi connectivity index (χ1v) is 3.72. The van der Waals surface area contributed by atoms with Gasteiger partial charge in [-0.25, -0.2) is 0 Å². The molecule has 1 heteroatoms. The molecule has 0 heterocycles. The summed E-state index contributed by atoms with van der Waals surface area (Å²) in [6.45, 7) is 2.98. The predicted octanol–water partition coefficient (Wildman–Crippen LogP) is 2.25. The highest BCUT2D eigenvalue weighted by atomic mass is 16.5. The van der Waals surface area contributed by atoms with Crippen LogP contribution in [0.25, 0.3) is 0 Å². The van der Waals surface area contributed by atoms with E-state index in [9.17, 15) is 0 Å². The Labute approximate surface area is 57.4 Å². The molecular weight excluding hydrogens is 112 g/mol. The van der Waals surface area contributed by atoms with Crippen molar-refractivity contribution in [3.63, 3.8) is 0 Å². The zero-order valence-corrected chi connectivity index (χ0v) is 6.02. The molecule has 0 atom stereocenters. The van der Waals surface area contributed by atoms with Crippen LogP contribution in [0.1, 0.15) is 32.1 Å². The van der Waals surface area contributed by atoms with E-state index >= 15 is 0 Å². The molecule has 0 N–H and O–H groups in total. The summed E-state index contributed by atoms with van der Waals surface area (Å²) in [5.41, 5.74) is 0. The first kappa shape index (κ1) is 7.07. The summed E-state index contributed by atoms with van der Waals surface area (Å²) >= 11 is 0. The van der Waals surface area contributed by atoms with Gasteiger partial charge in [0.1, 0.15) is 6.61 Å². The van der Waals surface area contributed by atoms with Gasteiger partial charge in [0, 0.05) is 7.11 Å². The van der Waals surface area contributed by atoms with Crippen LogP contribution in [-0.2, 0) is 4.74 Å². The fraction of sp³-hybridized carbons (Fsp3) is 0.875. The Morgan fingerprint density at radius 1 is 1.22 bits per heavy atom. The van der Waals surface area contributed by atoms with Crippen LogP contribution < -0.4 is 0 Å². The lowest BCUT2D eigenvalue weighted by Gasteiger charge is -2.18. The second kappa shape index (κ2) is 3.89. The van der Waals surface area contributed by atoms with E-state index < -0.39 is 0 Å². The molecule has 0 saturated heterocycles. The Morgan fingerprint density at radius 2 is 1.89 bits per heavy atom. The van der Waals surface area contributed by atoms with E-state index in [0.29, 0.717) is 5.92 Å². The molecule has 0 aromatic rings. The molecule has 1 aliphatic carbocycles. The number of methoxy groups -OCH3 is 1. The Morgan fingerprint density at radius 3 is 2.44 bits per heavy atom. The molecule has 0 aromatic heterocycles. The molecule has 1 aliphatic rings. The predicted molar refractivity (Wildman–Crippen MR) is 36.8 cm³/mol. The average molecular weight is 126 g/mol. The molecule has 1 saturated carbocycles. The largest absolute Gasteiger partial charge is 0.372 e. The molecule has 9 heavy (non-hydrogen) atoms. The monoisotopic (exact) mass is 126 g/mol. The second-order valence-corrected chi connectivity index (χ2v) is 2.66. The summed E-state index contributed by atoms with van der Waals surface area (Å²) in [4.78, 5) is 0. The van der Waals surface area contributed by atoms with Crippen molar-refractivity contribution in [1.29, 1.82) is 0 Å². The van der Waals surface area contributed by atoms with Crippen molar-refractivity contribution in [1.82, 2.24) is 0 Å². The molecular formula is C8H14O. The third-order valence-electron chi connectivity index (χ3n) is 1.89. The maximum atomic E-state index is 4.83. The molecule has 0 aliphatic heterocycles. The Hall–Kier alpha value is -0.0400. The van der Waals surface area contributed by atoms with Crippen molar-refractivity contribution in [2.24, 2.45) is 5.92 Å². The van der Waals surface area contributed by atoms with Crippen LogP contribution in [0.15, 0.2) is 0 Å². The number of ether oxygens (including phenoxy) is 1. The zero-order chi connectivity index (χ0) is 6.53. The maximum absolute atomic E-state index is 4.83.